The van der Waals surface area contributed by atoms with Crippen LogP contribution in [0.15, 0.2) is 11.6 Å². The maximum Gasteiger partial charge on any atom is 0.111 e. The zero-order valence-corrected chi connectivity index (χ0v) is 9.50. The van der Waals surface area contributed by atoms with Gasteiger partial charge in [0.1, 0.15) is 5.01 Å². The Bertz CT molecular complexity index is 284. The van der Waals surface area contributed by atoms with E-state index >= 15 is 0 Å². The Kier molecular flexibility index (Phi) is 2.85. The molecular formula is C10H17N3S. The van der Waals surface area contributed by atoms with Crippen LogP contribution in [0.4, 0.5) is 0 Å². The number of rotatable bonds is 2. The first-order valence-electron chi connectivity index (χ1n) is 5.11. The van der Waals surface area contributed by atoms with Crippen LogP contribution in [0, 0.1) is 0 Å². The predicted octanol–water partition coefficient (Wildman–Crippen LogP) is 1.63. The minimum Gasteiger partial charge on any atom is -0.326 e. The second kappa shape index (κ2) is 3.96. The van der Waals surface area contributed by atoms with Crippen molar-refractivity contribution in [3.05, 3.63) is 16.6 Å². The standard InChI is InChI=1S/C10H17N3S/c1-7(2)13-5-3-8(11)9(13)10-12-4-6-14-10/h4,6-9H,3,5,11H2,1-2H3/t8-,9-/m0/s1. The van der Waals surface area contributed by atoms with Crippen LogP contribution < -0.4 is 5.73 Å². The zero-order chi connectivity index (χ0) is 10.1. The fraction of sp³-hybridized carbons (Fsp3) is 0.700. The van der Waals surface area contributed by atoms with Gasteiger partial charge in [-0.25, -0.2) is 4.98 Å². The Morgan fingerprint density at radius 1 is 1.64 bits per heavy atom. The summed E-state index contributed by atoms with van der Waals surface area (Å²) in [7, 11) is 0. The highest BCUT2D eigenvalue weighted by Crippen LogP contribution is 2.33. The number of hydrogen-bond acceptors (Lipinski definition) is 4. The molecule has 2 heterocycles. The molecule has 1 fully saturated rings. The van der Waals surface area contributed by atoms with Gasteiger partial charge in [-0.1, -0.05) is 0 Å². The van der Waals surface area contributed by atoms with Crippen molar-refractivity contribution < 1.29 is 0 Å². The summed E-state index contributed by atoms with van der Waals surface area (Å²) in [4.78, 5) is 6.83. The SMILES string of the molecule is CC(C)N1CC[C@H](N)[C@H]1c1nccs1. The first kappa shape index (κ1) is 10.1. The maximum atomic E-state index is 6.12. The number of hydrogen-bond donors (Lipinski definition) is 1. The molecule has 0 aliphatic carbocycles. The molecule has 2 rings (SSSR count). The van der Waals surface area contributed by atoms with E-state index in [-0.39, 0.29) is 6.04 Å². The van der Waals surface area contributed by atoms with E-state index in [4.69, 9.17) is 5.73 Å². The van der Waals surface area contributed by atoms with E-state index in [9.17, 15) is 0 Å². The molecule has 3 nitrogen and oxygen atoms in total. The topological polar surface area (TPSA) is 42.1 Å². The molecule has 1 saturated heterocycles. The summed E-state index contributed by atoms with van der Waals surface area (Å²) in [5, 5.41) is 3.20. The second-order valence-corrected chi connectivity index (χ2v) is 5.03. The molecule has 2 N–H and O–H groups in total. The van der Waals surface area contributed by atoms with Crippen LogP contribution in [0.2, 0.25) is 0 Å². The summed E-state index contributed by atoms with van der Waals surface area (Å²) >= 11 is 1.71. The highest BCUT2D eigenvalue weighted by molar-refractivity contribution is 7.09. The van der Waals surface area contributed by atoms with Crippen molar-refractivity contribution in [2.24, 2.45) is 5.73 Å². The van der Waals surface area contributed by atoms with Crippen molar-refractivity contribution in [2.75, 3.05) is 6.54 Å². The molecule has 14 heavy (non-hydrogen) atoms. The third kappa shape index (κ3) is 1.69. The third-order valence-electron chi connectivity index (χ3n) is 2.85. The van der Waals surface area contributed by atoms with Crippen LogP contribution in [-0.2, 0) is 0 Å². The van der Waals surface area contributed by atoms with Crippen LogP contribution in [0.3, 0.4) is 0 Å². The van der Waals surface area contributed by atoms with Gasteiger partial charge in [-0.05, 0) is 20.3 Å². The zero-order valence-electron chi connectivity index (χ0n) is 8.68. The van der Waals surface area contributed by atoms with E-state index < -0.39 is 0 Å². The van der Waals surface area contributed by atoms with Gasteiger partial charge < -0.3 is 5.73 Å². The molecule has 0 amide bonds. The van der Waals surface area contributed by atoms with Crippen molar-refractivity contribution in [2.45, 2.75) is 38.4 Å². The molecule has 1 aliphatic heterocycles. The molecule has 2 atom stereocenters. The summed E-state index contributed by atoms with van der Waals surface area (Å²) in [6.45, 7) is 5.54. The van der Waals surface area contributed by atoms with Gasteiger partial charge in [0.15, 0.2) is 0 Å². The van der Waals surface area contributed by atoms with Gasteiger partial charge in [-0.3, -0.25) is 4.90 Å². The van der Waals surface area contributed by atoms with Gasteiger partial charge in [-0.2, -0.15) is 0 Å². The molecule has 0 radical (unpaired) electrons. The molecule has 0 bridgehead atoms. The first-order chi connectivity index (χ1) is 6.70. The third-order valence-corrected chi connectivity index (χ3v) is 3.70. The Morgan fingerprint density at radius 2 is 2.43 bits per heavy atom. The fourth-order valence-corrected chi connectivity index (χ4v) is 2.96. The maximum absolute atomic E-state index is 6.12. The molecule has 0 saturated carbocycles. The second-order valence-electron chi connectivity index (χ2n) is 4.10. The Morgan fingerprint density at radius 3 is 3.00 bits per heavy atom. The minimum absolute atomic E-state index is 0.253. The number of nitrogens with two attached hydrogens (primary N) is 1. The molecule has 78 valence electrons. The first-order valence-corrected chi connectivity index (χ1v) is 5.99. The molecular weight excluding hydrogens is 194 g/mol. The summed E-state index contributed by atoms with van der Waals surface area (Å²) in [6, 6.07) is 1.15. The van der Waals surface area contributed by atoms with E-state index in [1.54, 1.807) is 11.3 Å². The van der Waals surface area contributed by atoms with E-state index in [1.165, 1.54) is 5.01 Å². The summed E-state index contributed by atoms with van der Waals surface area (Å²) < 4.78 is 0. The Balaban J connectivity index is 2.22. The van der Waals surface area contributed by atoms with Crippen molar-refractivity contribution in [1.29, 1.82) is 0 Å². The lowest BCUT2D eigenvalue weighted by Gasteiger charge is -2.28. The summed E-state index contributed by atoms with van der Waals surface area (Å²) in [5.41, 5.74) is 6.12. The number of thiazole rings is 1. The van der Waals surface area contributed by atoms with Crippen LogP contribution in [0.1, 0.15) is 31.3 Å². The molecule has 1 aromatic rings. The highest BCUT2D eigenvalue weighted by atomic mass is 32.1. The molecule has 0 unspecified atom stereocenters. The van der Waals surface area contributed by atoms with E-state index in [0.717, 1.165) is 13.0 Å². The largest absolute Gasteiger partial charge is 0.326 e. The van der Waals surface area contributed by atoms with Crippen LogP contribution in [0.25, 0.3) is 0 Å². The van der Waals surface area contributed by atoms with Crippen molar-refractivity contribution in [1.82, 2.24) is 9.88 Å². The van der Waals surface area contributed by atoms with Gasteiger partial charge in [0, 0.05) is 30.2 Å². The van der Waals surface area contributed by atoms with E-state index in [1.807, 2.05) is 11.6 Å². The molecule has 0 aromatic carbocycles. The van der Waals surface area contributed by atoms with Crippen LogP contribution >= 0.6 is 11.3 Å². The molecule has 0 spiro atoms. The van der Waals surface area contributed by atoms with Gasteiger partial charge in [0.2, 0.25) is 0 Å². The Labute approximate surface area is 88.9 Å². The van der Waals surface area contributed by atoms with Gasteiger partial charge in [-0.15, -0.1) is 11.3 Å². The summed E-state index contributed by atoms with van der Waals surface area (Å²) in [6.07, 6.45) is 2.95. The summed E-state index contributed by atoms with van der Waals surface area (Å²) in [5.74, 6) is 0. The average Bonchev–Trinajstić information content (AvgIpc) is 2.71. The highest BCUT2D eigenvalue weighted by Gasteiger charge is 2.35. The Hall–Kier alpha value is -0.450. The lowest BCUT2D eigenvalue weighted by Crippen LogP contribution is -2.35. The normalized spacial score (nSPS) is 28.9. The molecule has 1 aliphatic rings. The van der Waals surface area contributed by atoms with Crippen molar-refractivity contribution in [3.8, 4) is 0 Å². The molecule has 1 aromatic heterocycles. The van der Waals surface area contributed by atoms with E-state index in [2.05, 4.69) is 23.7 Å². The lowest BCUT2D eigenvalue weighted by atomic mass is 10.1. The van der Waals surface area contributed by atoms with Gasteiger partial charge >= 0.3 is 0 Å². The fourth-order valence-electron chi connectivity index (χ4n) is 2.13. The van der Waals surface area contributed by atoms with Crippen molar-refractivity contribution >= 4 is 11.3 Å². The predicted molar refractivity (Wildman–Crippen MR) is 59.3 cm³/mol. The average molecular weight is 211 g/mol. The molecule has 4 heteroatoms. The van der Waals surface area contributed by atoms with E-state index in [0.29, 0.717) is 12.1 Å². The van der Waals surface area contributed by atoms with Gasteiger partial charge in [0.25, 0.3) is 0 Å². The smallest absolute Gasteiger partial charge is 0.111 e. The lowest BCUT2D eigenvalue weighted by molar-refractivity contribution is 0.198. The number of likely N-dealkylation sites (tertiary alicyclic amines) is 1. The van der Waals surface area contributed by atoms with Crippen LogP contribution in [-0.4, -0.2) is 28.5 Å². The number of aromatic nitrogens is 1. The van der Waals surface area contributed by atoms with Gasteiger partial charge in [0.05, 0.1) is 6.04 Å². The van der Waals surface area contributed by atoms with Crippen LogP contribution in [0.5, 0.6) is 0 Å². The minimum atomic E-state index is 0.253. The van der Waals surface area contributed by atoms with Crippen molar-refractivity contribution in [3.63, 3.8) is 0 Å². The monoisotopic (exact) mass is 211 g/mol. The number of nitrogens with zero attached hydrogens (tertiary/aromatic N) is 2. The quantitative estimate of drug-likeness (QED) is 0.808.